The molecule has 1 aromatic rings. The van der Waals surface area contributed by atoms with Crippen LogP contribution in [0, 0.1) is 5.82 Å². The molecule has 0 aliphatic carbocycles. The lowest BCUT2D eigenvalue weighted by Gasteiger charge is -2.23. The molecule has 1 atom stereocenters. The molecule has 2 heteroatoms. The van der Waals surface area contributed by atoms with E-state index >= 15 is 0 Å². The van der Waals surface area contributed by atoms with Gasteiger partial charge in [-0.15, -0.1) is 0 Å². The molecule has 13 heavy (non-hydrogen) atoms. The molecule has 70 valence electrons. The second kappa shape index (κ2) is 3.36. The second-order valence-corrected chi connectivity index (χ2v) is 3.66. The van der Waals surface area contributed by atoms with E-state index < -0.39 is 0 Å². The molecular weight excluding hydrogens is 165 g/mol. The Bertz CT molecular complexity index is 281. The topological polar surface area (TPSA) is 3.24 Å². The quantitative estimate of drug-likeness (QED) is 0.640. The van der Waals surface area contributed by atoms with Gasteiger partial charge in [0.2, 0.25) is 0 Å². The first-order valence-corrected chi connectivity index (χ1v) is 4.79. The van der Waals surface area contributed by atoms with Crippen molar-refractivity contribution in [3.63, 3.8) is 0 Å². The average Bonchev–Trinajstić information content (AvgIpc) is 2.53. The summed E-state index contributed by atoms with van der Waals surface area (Å²) in [4.78, 5) is 2.33. The minimum Gasteiger partial charge on any atom is -0.369 e. The summed E-state index contributed by atoms with van der Waals surface area (Å²) in [6, 6.07) is 7.38. The fraction of sp³-hybridized carbons (Fsp3) is 0.455. The van der Waals surface area contributed by atoms with E-state index in [2.05, 4.69) is 11.8 Å². The summed E-state index contributed by atoms with van der Waals surface area (Å²) in [7, 11) is 0. The molecular formula is C11H14FN. The Balaban J connectivity index is 2.20. The lowest BCUT2D eigenvalue weighted by Crippen LogP contribution is -2.25. The van der Waals surface area contributed by atoms with Gasteiger partial charge in [-0.05, 0) is 44.0 Å². The summed E-state index contributed by atoms with van der Waals surface area (Å²) in [5, 5.41) is 0. The highest BCUT2D eigenvalue weighted by Gasteiger charge is 2.19. The van der Waals surface area contributed by atoms with Gasteiger partial charge >= 0.3 is 0 Å². The van der Waals surface area contributed by atoms with E-state index in [1.165, 1.54) is 25.0 Å². The number of hydrogen-bond acceptors (Lipinski definition) is 1. The Morgan fingerprint density at radius 2 is 2.00 bits per heavy atom. The number of nitrogens with zero attached hydrogens (tertiary/aromatic N) is 1. The number of rotatable bonds is 1. The van der Waals surface area contributed by atoms with Crippen molar-refractivity contribution >= 4 is 5.69 Å². The summed E-state index contributed by atoms with van der Waals surface area (Å²) in [6.07, 6.45) is 2.50. The van der Waals surface area contributed by atoms with Gasteiger partial charge in [0.15, 0.2) is 0 Å². The Morgan fingerprint density at radius 1 is 1.31 bits per heavy atom. The van der Waals surface area contributed by atoms with E-state index in [1.54, 1.807) is 0 Å². The van der Waals surface area contributed by atoms with Crippen LogP contribution in [0.15, 0.2) is 24.3 Å². The third-order valence-corrected chi connectivity index (χ3v) is 2.71. The molecule has 1 saturated heterocycles. The normalized spacial score (nSPS) is 22.3. The maximum atomic E-state index is 12.7. The number of benzene rings is 1. The van der Waals surface area contributed by atoms with Crippen molar-refractivity contribution in [3.8, 4) is 0 Å². The molecule has 1 aliphatic rings. The van der Waals surface area contributed by atoms with Crippen LogP contribution in [-0.2, 0) is 0 Å². The fourth-order valence-electron chi connectivity index (χ4n) is 1.95. The van der Waals surface area contributed by atoms with Crippen LogP contribution in [0.3, 0.4) is 0 Å². The zero-order chi connectivity index (χ0) is 9.26. The van der Waals surface area contributed by atoms with Crippen LogP contribution in [-0.4, -0.2) is 12.6 Å². The molecule has 1 nitrogen and oxygen atoms in total. The SMILES string of the molecule is C[C@@H]1CCCN1c1ccc(F)cc1. The molecule has 0 unspecified atom stereocenters. The highest BCUT2D eigenvalue weighted by atomic mass is 19.1. The first kappa shape index (κ1) is 8.54. The van der Waals surface area contributed by atoms with E-state index in [1.807, 2.05) is 12.1 Å². The van der Waals surface area contributed by atoms with Crippen LogP contribution < -0.4 is 4.90 Å². The lowest BCUT2D eigenvalue weighted by atomic mass is 10.2. The molecule has 0 spiro atoms. The maximum Gasteiger partial charge on any atom is 0.123 e. The molecule has 0 amide bonds. The van der Waals surface area contributed by atoms with E-state index in [4.69, 9.17) is 0 Å². The molecule has 1 aromatic carbocycles. The predicted octanol–water partition coefficient (Wildman–Crippen LogP) is 2.81. The third-order valence-electron chi connectivity index (χ3n) is 2.71. The number of anilines is 1. The van der Waals surface area contributed by atoms with E-state index in [0.717, 1.165) is 12.2 Å². The van der Waals surface area contributed by atoms with E-state index in [0.29, 0.717) is 6.04 Å². The van der Waals surface area contributed by atoms with Gasteiger partial charge in [-0.2, -0.15) is 0 Å². The molecule has 1 heterocycles. The van der Waals surface area contributed by atoms with Crippen LogP contribution >= 0.6 is 0 Å². The Morgan fingerprint density at radius 3 is 2.54 bits per heavy atom. The van der Waals surface area contributed by atoms with Crippen molar-refractivity contribution in [1.29, 1.82) is 0 Å². The Hall–Kier alpha value is -1.05. The minimum absolute atomic E-state index is 0.157. The molecule has 2 rings (SSSR count). The Kier molecular flexibility index (Phi) is 2.21. The summed E-state index contributed by atoms with van der Waals surface area (Å²) in [6.45, 7) is 3.32. The third kappa shape index (κ3) is 1.67. The molecule has 0 bridgehead atoms. The van der Waals surface area contributed by atoms with Crippen molar-refractivity contribution in [2.45, 2.75) is 25.8 Å². The average molecular weight is 179 g/mol. The highest BCUT2D eigenvalue weighted by molar-refractivity contribution is 5.47. The molecule has 0 saturated carbocycles. The smallest absolute Gasteiger partial charge is 0.123 e. The zero-order valence-corrected chi connectivity index (χ0v) is 7.83. The fourth-order valence-corrected chi connectivity index (χ4v) is 1.95. The van der Waals surface area contributed by atoms with Crippen molar-refractivity contribution in [2.24, 2.45) is 0 Å². The zero-order valence-electron chi connectivity index (χ0n) is 7.83. The van der Waals surface area contributed by atoms with Crippen LogP contribution in [0.2, 0.25) is 0 Å². The van der Waals surface area contributed by atoms with Gasteiger partial charge in [0.1, 0.15) is 5.82 Å². The standard InChI is InChI=1S/C11H14FN/c1-9-3-2-8-13(9)11-6-4-10(12)5-7-11/h4-7,9H,2-3,8H2,1H3/t9-/m1/s1. The van der Waals surface area contributed by atoms with Gasteiger partial charge in [0, 0.05) is 18.3 Å². The molecule has 0 aromatic heterocycles. The van der Waals surface area contributed by atoms with Crippen molar-refractivity contribution in [2.75, 3.05) is 11.4 Å². The van der Waals surface area contributed by atoms with Crippen molar-refractivity contribution < 1.29 is 4.39 Å². The Labute approximate surface area is 78.2 Å². The van der Waals surface area contributed by atoms with Crippen LogP contribution in [0.5, 0.6) is 0 Å². The van der Waals surface area contributed by atoms with Crippen LogP contribution in [0.1, 0.15) is 19.8 Å². The molecule has 1 fully saturated rings. The van der Waals surface area contributed by atoms with Gasteiger partial charge in [-0.25, -0.2) is 4.39 Å². The van der Waals surface area contributed by atoms with Gasteiger partial charge < -0.3 is 4.90 Å². The van der Waals surface area contributed by atoms with Crippen molar-refractivity contribution in [1.82, 2.24) is 0 Å². The van der Waals surface area contributed by atoms with Gasteiger partial charge in [-0.3, -0.25) is 0 Å². The number of halogens is 1. The lowest BCUT2D eigenvalue weighted by molar-refractivity contribution is 0.627. The van der Waals surface area contributed by atoms with E-state index in [-0.39, 0.29) is 5.82 Å². The van der Waals surface area contributed by atoms with Gasteiger partial charge in [0.05, 0.1) is 0 Å². The van der Waals surface area contributed by atoms with E-state index in [9.17, 15) is 4.39 Å². The summed E-state index contributed by atoms with van der Waals surface area (Å²) >= 11 is 0. The molecule has 1 aliphatic heterocycles. The highest BCUT2D eigenvalue weighted by Crippen LogP contribution is 2.24. The summed E-state index contributed by atoms with van der Waals surface area (Å²) < 4.78 is 12.7. The second-order valence-electron chi connectivity index (χ2n) is 3.66. The summed E-state index contributed by atoms with van der Waals surface area (Å²) in [5.74, 6) is -0.157. The van der Waals surface area contributed by atoms with Gasteiger partial charge in [0.25, 0.3) is 0 Å². The number of hydrogen-bond donors (Lipinski definition) is 0. The summed E-state index contributed by atoms with van der Waals surface area (Å²) in [5.41, 5.74) is 1.14. The van der Waals surface area contributed by atoms with Gasteiger partial charge in [-0.1, -0.05) is 0 Å². The maximum absolute atomic E-state index is 12.7. The first-order chi connectivity index (χ1) is 6.27. The largest absolute Gasteiger partial charge is 0.369 e. The molecule has 0 radical (unpaired) electrons. The predicted molar refractivity (Wildman–Crippen MR) is 52.4 cm³/mol. The van der Waals surface area contributed by atoms with Crippen LogP contribution in [0.4, 0.5) is 10.1 Å². The minimum atomic E-state index is -0.157. The van der Waals surface area contributed by atoms with Crippen LogP contribution in [0.25, 0.3) is 0 Å². The monoisotopic (exact) mass is 179 g/mol. The molecule has 0 N–H and O–H groups in total. The first-order valence-electron chi connectivity index (χ1n) is 4.79. The van der Waals surface area contributed by atoms with Crippen molar-refractivity contribution in [3.05, 3.63) is 30.1 Å².